The smallest absolute Gasteiger partial charge is 0.346 e. The number of thioether (sulfide) groups is 2. The number of Topliss-reactive ketones (excluding diaryl/α,β-unsaturated/α-hetero) is 1. The number of hydrogen-bond acceptors (Lipinski definition) is 10. The molecule has 9 nitrogen and oxygen atoms in total. The molecule has 1 atom stereocenters. The number of esters is 1. The molecule has 0 amide bonds. The highest BCUT2D eigenvalue weighted by Gasteiger charge is 2.56. The zero-order valence-corrected chi connectivity index (χ0v) is 16.6. The monoisotopic (exact) mass is 408 g/mol. The molecule has 0 N–H and O–H groups in total. The number of methoxy groups -OCH3 is 1. The SMILES string of the molecule is COC(=O)C1=C(C)N(C)C2(SC(C(C)=O)=NN2c2cccc([N+](=O)[O-])c2)S1. The molecule has 2 heterocycles. The van der Waals surface area contributed by atoms with Gasteiger partial charge in [0.1, 0.15) is 4.91 Å². The average Bonchev–Trinajstić information content (AvgIpc) is 3.15. The number of ketones is 1. The molecule has 3 rings (SSSR count). The van der Waals surface area contributed by atoms with E-state index in [4.69, 9.17) is 4.74 Å². The van der Waals surface area contributed by atoms with E-state index >= 15 is 0 Å². The van der Waals surface area contributed by atoms with Gasteiger partial charge in [0, 0.05) is 31.8 Å². The molecule has 2 aliphatic rings. The van der Waals surface area contributed by atoms with E-state index < -0.39 is 15.2 Å². The maximum absolute atomic E-state index is 12.2. The van der Waals surface area contributed by atoms with E-state index in [1.54, 1.807) is 26.1 Å². The van der Waals surface area contributed by atoms with Crippen LogP contribution in [-0.2, 0) is 14.3 Å². The van der Waals surface area contributed by atoms with Gasteiger partial charge in [-0.2, -0.15) is 5.10 Å². The van der Waals surface area contributed by atoms with Gasteiger partial charge >= 0.3 is 5.97 Å². The molecule has 1 unspecified atom stereocenters. The molecule has 2 aliphatic heterocycles. The molecule has 142 valence electrons. The van der Waals surface area contributed by atoms with Crippen LogP contribution >= 0.6 is 23.5 Å². The van der Waals surface area contributed by atoms with Crippen LogP contribution in [0.2, 0.25) is 0 Å². The topological polar surface area (TPSA) is 105 Å². The van der Waals surface area contributed by atoms with Crippen molar-refractivity contribution in [2.24, 2.45) is 5.10 Å². The van der Waals surface area contributed by atoms with E-state index in [9.17, 15) is 19.7 Å². The van der Waals surface area contributed by atoms with Crippen molar-refractivity contribution in [2.45, 2.75) is 18.2 Å². The minimum atomic E-state index is -0.996. The lowest BCUT2D eigenvalue weighted by Gasteiger charge is -2.39. The van der Waals surface area contributed by atoms with Gasteiger partial charge in [-0.05, 0) is 24.8 Å². The molecular formula is C16H16N4O5S2. The summed E-state index contributed by atoms with van der Waals surface area (Å²) in [5.74, 6) is -0.720. The summed E-state index contributed by atoms with van der Waals surface area (Å²) in [5.41, 5.74) is 1.00. The predicted molar refractivity (Wildman–Crippen MR) is 104 cm³/mol. The molecule has 11 heteroatoms. The number of nitro benzene ring substituents is 1. The Morgan fingerprint density at radius 3 is 2.63 bits per heavy atom. The largest absolute Gasteiger partial charge is 0.465 e. The fourth-order valence-electron chi connectivity index (χ4n) is 2.64. The Kier molecular flexibility index (Phi) is 4.91. The van der Waals surface area contributed by atoms with E-state index in [1.165, 1.54) is 54.7 Å². The first kappa shape index (κ1) is 19.2. The highest BCUT2D eigenvalue weighted by atomic mass is 32.2. The molecule has 0 saturated carbocycles. The molecule has 1 aromatic rings. The van der Waals surface area contributed by atoms with E-state index in [0.29, 0.717) is 16.3 Å². The first-order valence-corrected chi connectivity index (χ1v) is 9.40. The van der Waals surface area contributed by atoms with Crippen LogP contribution in [0.5, 0.6) is 0 Å². The van der Waals surface area contributed by atoms with Crippen LogP contribution in [-0.4, -0.2) is 45.1 Å². The van der Waals surface area contributed by atoms with Crippen molar-refractivity contribution in [2.75, 3.05) is 19.2 Å². The minimum Gasteiger partial charge on any atom is -0.465 e. The molecule has 1 aromatic carbocycles. The summed E-state index contributed by atoms with van der Waals surface area (Å²) in [4.78, 5) is 37.0. The highest BCUT2D eigenvalue weighted by Crippen LogP contribution is 2.58. The standard InChI is InChI=1S/C16H16N4O5S2/c1-9-13(15(22)25-4)26-16(18(9)3)19(17-14(27-16)10(2)21)11-6-5-7-12(8-11)20(23)24/h5-8H,1-4H3. The number of benzene rings is 1. The Labute approximate surface area is 163 Å². The van der Waals surface area contributed by atoms with Crippen molar-refractivity contribution in [1.82, 2.24) is 4.90 Å². The van der Waals surface area contributed by atoms with Crippen LogP contribution < -0.4 is 5.01 Å². The van der Waals surface area contributed by atoms with Gasteiger partial charge in [0.2, 0.25) is 4.33 Å². The number of nitrogens with zero attached hydrogens (tertiary/aromatic N) is 4. The van der Waals surface area contributed by atoms with Crippen molar-refractivity contribution in [3.05, 3.63) is 45.0 Å². The Morgan fingerprint density at radius 1 is 1.33 bits per heavy atom. The van der Waals surface area contributed by atoms with Gasteiger partial charge in [0.25, 0.3) is 5.69 Å². The molecule has 27 heavy (non-hydrogen) atoms. The Balaban J connectivity index is 2.10. The van der Waals surface area contributed by atoms with Crippen LogP contribution in [0.25, 0.3) is 0 Å². The third kappa shape index (κ3) is 3.06. The van der Waals surface area contributed by atoms with Gasteiger partial charge in [-0.1, -0.05) is 17.8 Å². The van der Waals surface area contributed by atoms with Crippen LogP contribution in [0.15, 0.2) is 40.0 Å². The zero-order chi connectivity index (χ0) is 19.9. The van der Waals surface area contributed by atoms with E-state index in [0.717, 1.165) is 0 Å². The normalized spacial score (nSPS) is 21.7. The molecule has 0 saturated heterocycles. The fourth-order valence-corrected chi connectivity index (χ4v) is 5.54. The predicted octanol–water partition coefficient (Wildman–Crippen LogP) is 2.74. The molecule has 0 aromatic heterocycles. The quantitative estimate of drug-likeness (QED) is 0.422. The number of hydrogen-bond donors (Lipinski definition) is 0. The maximum atomic E-state index is 12.2. The maximum Gasteiger partial charge on any atom is 0.346 e. The summed E-state index contributed by atoms with van der Waals surface area (Å²) in [5, 5.41) is 17.3. The summed E-state index contributed by atoms with van der Waals surface area (Å²) < 4.78 is 3.86. The second kappa shape index (κ2) is 6.89. The van der Waals surface area contributed by atoms with Crippen molar-refractivity contribution in [3.63, 3.8) is 0 Å². The number of allylic oxidation sites excluding steroid dienone is 1. The second-order valence-electron chi connectivity index (χ2n) is 5.77. The molecule has 0 fully saturated rings. The van der Waals surface area contributed by atoms with Gasteiger partial charge in [0.15, 0.2) is 10.8 Å². The molecule has 0 aliphatic carbocycles. The third-order valence-corrected chi connectivity index (χ3v) is 7.29. The lowest BCUT2D eigenvalue weighted by atomic mass is 10.3. The molecular weight excluding hydrogens is 392 g/mol. The van der Waals surface area contributed by atoms with Crippen molar-refractivity contribution in [1.29, 1.82) is 0 Å². The van der Waals surface area contributed by atoms with Gasteiger partial charge in [-0.3, -0.25) is 14.9 Å². The molecule has 0 bridgehead atoms. The second-order valence-corrected chi connectivity index (χ2v) is 8.37. The third-order valence-electron chi connectivity index (χ3n) is 4.14. The fraction of sp³-hybridized carbons (Fsp3) is 0.312. The van der Waals surface area contributed by atoms with E-state index in [2.05, 4.69) is 5.10 Å². The van der Waals surface area contributed by atoms with Crippen LogP contribution in [0.3, 0.4) is 0 Å². The van der Waals surface area contributed by atoms with Gasteiger partial charge in [0.05, 0.1) is 17.7 Å². The summed E-state index contributed by atoms with van der Waals surface area (Å²) in [7, 11) is 3.07. The number of rotatable bonds is 4. The van der Waals surface area contributed by atoms with Gasteiger partial charge in [-0.25, -0.2) is 9.80 Å². The van der Waals surface area contributed by atoms with Crippen LogP contribution in [0.1, 0.15) is 13.8 Å². The first-order valence-electron chi connectivity index (χ1n) is 7.76. The summed E-state index contributed by atoms with van der Waals surface area (Å²) in [6.45, 7) is 3.17. The van der Waals surface area contributed by atoms with Crippen LogP contribution in [0.4, 0.5) is 11.4 Å². The van der Waals surface area contributed by atoms with Crippen molar-refractivity contribution < 1.29 is 19.2 Å². The summed E-state index contributed by atoms with van der Waals surface area (Å²) >= 11 is 2.38. The van der Waals surface area contributed by atoms with E-state index in [-0.39, 0.29) is 16.5 Å². The number of anilines is 1. The van der Waals surface area contributed by atoms with Crippen molar-refractivity contribution >= 4 is 51.7 Å². The number of carbonyl (C=O) groups excluding carboxylic acids is 2. The molecule has 1 spiro atoms. The highest BCUT2D eigenvalue weighted by molar-refractivity contribution is 8.28. The van der Waals surface area contributed by atoms with Gasteiger partial charge < -0.3 is 9.64 Å². The summed E-state index contributed by atoms with van der Waals surface area (Å²) in [6.07, 6.45) is 0. The number of hydrazone groups is 1. The first-order chi connectivity index (χ1) is 12.7. The lowest BCUT2D eigenvalue weighted by Crippen LogP contribution is -2.47. The summed E-state index contributed by atoms with van der Waals surface area (Å²) in [6, 6.07) is 5.98. The van der Waals surface area contributed by atoms with Crippen molar-refractivity contribution in [3.8, 4) is 0 Å². The Morgan fingerprint density at radius 2 is 2.04 bits per heavy atom. The Bertz CT molecular complexity index is 916. The number of non-ortho nitro benzene ring substituents is 1. The van der Waals surface area contributed by atoms with Gasteiger partial charge in [-0.15, -0.1) is 0 Å². The number of carbonyl (C=O) groups is 2. The Hall–Kier alpha value is -2.53. The van der Waals surface area contributed by atoms with E-state index in [1.807, 2.05) is 4.90 Å². The average molecular weight is 408 g/mol. The zero-order valence-electron chi connectivity index (χ0n) is 15.0. The minimum absolute atomic E-state index is 0.0948. The number of ether oxygens (including phenoxy) is 1. The van der Waals surface area contributed by atoms with Crippen LogP contribution in [0, 0.1) is 10.1 Å². The lowest BCUT2D eigenvalue weighted by molar-refractivity contribution is -0.384. The number of nitro groups is 1. The molecule has 0 radical (unpaired) electrons.